The van der Waals surface area contributed by atoms with Gasteiger partial charge in [0.1, 0.15) is 6.04 Å². The summed E-state index contributed by atoms with van der Waals surface area (Å²) in [5.74, 6) is -0.259. The highest BCUT2D eigenvalue weighted by Gasteiger charge is 2.26. The van der Waals surface area contributed by atoms with Crippen LogP contribution in [0, 0.1) is 0 Å². The molecule has 0 spiro atoms. The molecule has 2 rings (SSSR count). The van der Waals surface area contributed by atoms with Gasteiger partial charge >= 0.3 is 0 Å². The molecule has 0 fully saturated rings. The second-order valence-electron chi connectivity index (χ2n) is 5.43. The summed E-state index contributed by atoms with van der Waals surface area (Å²) in [4.78, 5) is 24.0. The maximum absolute atomic E-state index is 12.2. The maximum atomic E-state index is 12.2. The molecule has 5 nitrogen and oxygen atoms in total. The molecule has 0 saturated heterocycles. The van der Waals surface area contributed by atoms with Crippen LogP contribution in [0.15, 0.2) is 24.3 Å². The van der Waals surface area contributed by atoms with E-state index < -0.39 is 6.04 Å². The number of benzene rings is 1. The van der Waals surface area contributed by atoms with Crippen LogP contribution in [-0.2, 0) is 22.6 Å². The molecular formula is C16H23N3O2. The van der Waals surface area contributed by atoms with Gasteiger partial charge in [-0.2, -0.15) is 0 Å². The van der Waals surface area contributed by atoms with E-state index in [4.69, 9.17) is 0 Å². The van der Waals surface area contributed by atoms with E-state index in [1.807, 2.05) is 25.1 Å². The highest BCUT2D eigenvalue weighted by molar-refractivity contribution is 5.89. The minimum Gasteiger partial charge on any atom is -0.354 e. The van der Waals surface area contributed by atoms with E-state index in [2.05, 4.69) is 22.0 Å². The lowest BCUT2D eigenvalue weighted by molar-refractivity contribution is -0.129. The van der Waals surface area contributed by atoms with Gasteiger partial charge < -0.3 is 16.0 Å². The lowest BCUT2D eigenvalue weighted by Gasteiger charge is -2.26. The Kier molecular flexibility index (Phi) is 5.33. The van der Waals surface area contributed by atoms with Crippen LogP contribution in [0.4, 0.5) is 0 Å². The normalized spacial score (nSPS) is 18.5. The van der Waals surface area contributed by atoms with E-state index in [1.54, 1.807) is 6.92 Å². The molecule has 1 aliphatic heterocycles. The Bertz CT molecular complexity index is 516. The quantitative estimate of drug-likeness (QED) is 0.748. The van der Waals surface area contributed by atoms with E-state index >= 15 is 0 Å². The number of hydrogen-bond donors (Lipinski definition) is 3. The van der Waals surface area contributed by atoms with Crippen molar-refractivity contribution in [3.05, 3.63) is 35.4 Å². The van der Waals surface area contributed by atoms with Gasteiger partial charge in [0.15, 0.2) is 0 Å². The van der Waals surface area contributed by atoms with Crippen molar-refractivity contribution >= 4 is 11.8 Å². The number of nitrogens with one attached hydrogen (secondary N) is 3. The maximum Gasteiger partial charge on any atom is 0.242 e. The van der Waals surface area contributed by atoms with E-state index in [-0.39, 0.29) is 17.9 Å². The minimum absolute atomic E-state index is 0.122. The van der Waals surface area contributed by atoms with Crippen molar-refractivity contribution in [2.45, 2.75) is 45.3 Å². The van der Waals surface area contributed by atoms with Gasteiger partial charge in [-0.15, -0.1) is 0 Å². The zero-order valence-electron chi connectivity index (χ0n) is 12.6. The van der Waals surface area contributed by atoms with Crippen LogP contribution in [0.3, 0.4) is 0 Å². The molecule has 0 radical (unpaired) electrons. The molecule has 21 heavy (non-hydrogen) atoms. The number of rotatable bonds is 5. The predicted molar refractivity (Wildman–Crippen MR) is 81.7 cm³/mol. The van der Waals surface area contributed by atoms with Gasteiger partial charge in [-0.1, -0.05) is 31.2 Å². The summed E-state index contributed by atoms with van der Waals surface area (Å²) in [6, 6.07) is 7.32. The molecular weight excluding hydrogens is 266 g/mol. The topological polar surface area (TPSA) is 70.2 Å². The monoisotopic (exact) mass is 289 g/mol. The van der Waals surface area contributed by atoms with Gasteiger partial charge in [-0.25, -0.2) is 0 Å². The van der Waals surface area contributed by atoms with Crippen molar-refractivity contribution in [1.29, 1.82) is 0 Å². The van der Waals surface area contributed by atoms with Crippen LogP contribution in [-0.4, -0.2) is 30.4 Å². The first-order chi connectivity index (χ1) is 10.1. The molecule has 2 amide bonds. The molecule has 1 aliphatic rings. The molecule has 0 aromatic heterocycles. The largest absolute Gasteiger partial charge is 0.354 e. The Morgan fingerprint density at radius 2 is 2.05 bits per heavy atom. The van der Waals surface area contributed by atoms with Crippen molar-refractivity contribution in [2.24, 2.45) is 0 Å². The van der Waals surface area contributed by atoms with Crippen LogP contribution in [0.1, 0.15) is 31.4 Å². The third-order valence-electron chi connectivity index (χ3n) is 3.70. The second kappa shape index (κ2) is 7.22. The van der Waals surface area contributed by atoms with Crippen LogP contribution in [0.25, 0.3) is 0 Å². The zero-order chi connectivity index (χ0) is 15.2. The molecule has 1 heterocycles. The van der Waals surface area contributed by atoms with Gasteiger partial charge in [0.05, 0.1) is 6.04 Å². The van der Waals surface area contributed by atoms with Crippen LogP contribution in [0.2, 0.25) is 0 Å². The first kappa shape index (κ1) is 15.5. The van der Waals surface area contributed by atoms with Crippen LogP contribution in [0.5, 0.6) is 0 Å². The number of carbonyl (C=O) groups excluding carboxylic acids is 2. The fourth-order valence-electron chi connectivity index (χ4n) is 2.42. The summed E-state index contributed by atoms with van der Waals surface area (Å²) < 4.78 is 0. The highest BCUT2D eigenvalue weighted by Crippen LogP contribution is 2.16. The molecule has 5 heteroatoms. The Morgan fingerprint density at radius 3 is 2.76 bits per heavy atom. The fourth-order valence-corrected chi connectivity index (χ4v) is 2.42. The number of fused-ring (bicyclic) bond motifs is 1. The Balaban J connectivity index is 1.88. The zero-order valence-corrected chi connectivity index (χ0v) is 12.6. The van der Waals surface area contributed by atoms with Gasteiger partial charge in [0, 0.05) is 13.1 Å². The Hall–Kier alpha value is -1.88. The molecule has 0 bridgehead atoms. The van der Waals surface area contributed by atoms with E-state index in [1.165, 1.54) is 11.1 Å². The second-order valence-corrected chi connectivity index (χ2v) is 5.43. The summed E-state index contributed by atoms with van der Waals surface area (Å²) in [7, 11) is 0. The average Bonchev–Trinajstić information content (AvgIpc) is 2.51. The predicted octanol–water partition coefficient (Wildman–Crippen LogP) is 0.732. The van der Waals surface area contributed by atoms with Crippen molar-refractivity contribution in [3.8, 4) is 0 Å². The number of amides is 2. The summed E-state index contributed by atoms with van der Waals surface area (Å²) in [6.07, 6.45) is 1.54. The summed E-state index contributed by atoms with van der Waals surface area (Å²) in [5.41, 5.74) is 2.43. The fraction of sp³-hybridized carbons (Fsp3) is 0.500. The van der Waals surface area contributed by atoms with E-state index in [0.29, 0.717) is 19.5 Å². The van der Waals surface area contributed by atoms with Gasteiger partial charge in [-0.3, -0.25) is 9.59 Å². The molecule has 0 aliphatic carbocycles. The minimum atomic E-state index is -0.511. The highest BCUT2D eigenvalue weighted by atomic mass is 16.2. The summed E-state index contributed by atoms with van der Waals surface area (Å²) in [6.45, 7) is 5.02. The Labute approximate surface area is 125 Å². The summed E-state index contributed by atoms with van der Waals surface area (Å²) in [5, 5.41) is 8.78. The van der Waals surface area contributed by atoms with Crippen LogP contribution < -0.4 is 16.0 Å². The first-order valence-corrected chi connectivity index (χ1v) is 7.50. The third-order valence-corrected chi connectivity index (χ3v) is 3.70. The van der Waals surface area contributed by atoms with Crippen molar-refractivity contribution in [2.75, 3.05) is 6.54 Å². The van der Waals surface area contributed by atoms with E-state index in [9.17, 15) is 9.59 Å². The smallest absolute Gasteiger partial charge is 0.242 e. The van der Waals surface area contributed by atoms with Crippen molar-refractivity contribution < 1.29 is 9.59 Å². The third kappa shape index (κ3) is 4.04. The number of carbonyl (C=O) groups is 2. The molecule has 114 valence electrons. The SMILES string of the molecule is CCCNC(=O)C(C)NC(=O)[C@H]1Cc2ccccc2CN1. The first-order valence-electron chi connectivity index (χ1n) is 7.50. The Morgan fingerprint density at radius 1 is 1.33 bits per heavy atom. The lowest BCUT2D eigenvalue weighted by Crippen LogP contribution is -2.53. The van der Waals surface area contributed by atoms with Crippen molar-refractivity contribution in [1.82, 2.24) is 16.0 Å². The molecule has 0 saturated carbocycles. The van der Waals surface area contributed by atoms with Gasteiger partial charge in [0.25, 0.3) is 0 Å². The van der Waals surface area contributed by atoms with Gasteiger partial charge in [0.2, 0.25) is 11.8 Å². The van der Waals surface area contributed by atoms with Crippen molar-refractivity contribution in [3.63, 3.8) is 0 Å². The average molecular weight is 289 g/mol. The standard InChI is InChI=1S/C16H23N3O2/c1-3-8-17-15(20)11(2)19-16(21)14-9-12-6-4-5-7-13(12)10-18-14/h4-7,11,14,18H,3,8-10H2,1-2H3,(H,17,20)(H,19,21)/t11?,14-/m1/s1. The van der Waals surface area contributed by atoms with E-state index in [0.717, 1.165) is 6.42 Å². The molecule has 1 aromatic carbocycles. The molecule has 3 N–H and O–H groups in total. The summed E-state index contributed by atoms with van der Waals surface area (Å²) >= 11 is 0. The number of hydrogen-bond acceptors (Lipinski definition) is 3. The molecule has 1 unspecified atom stereocenters. The molecule has 2 atom stereocenters. The van der Waals surface area contributed by atoms with Crippen LogP contribution >= 0.6 is 0 Å². The molecule has 1 aromatic rings. The van der Waals surface area contributed by atoms with Gasteiger partial charge in [-0.05, 0) is 30.9 Å². The lowest BCUT2D eigenvalue weighted by atomic mass is 9.95.